The maximum absolute atomic E-state index is 11.9. The molecule has 1 aliphatic carbocycles. The topological polar surface area (TPSA) is 104 Å². The molecule has 1 aromatic carbocycles. The molecule has 7 nitrogen and oxygen atoms in total. The van der Waals surface area contributed by atoms with Crippen molar-refractivity contribution in [3.05, 3.63) is 28.2 Å². The molecule has 10 heteroatoms. The summed E-state index contributed by atoms with van der Waals surface area (Å²) < 4.78 is 23.8. The van der Waals surface area contributed by atoms with E-state index in [4.69, 9.17) is 23.2 Å². The second-order valence-electron chi connectivity index (χ2n) is 4.38. The zero-order chi connectivity index (χ0) is 15.6. The van der Waals surface area contributed by atoms with Crippen LogP contribution in [0.4, 0.5) is 0 Å². The average molecular weight is 352 g/mol. The fourth-order valence-corrected chi connectivity index (χ4v) is 2.58. The van der Waals surface area contributed by atoms with Crippen LogP contribution in [0.1, 0.15) is 12.8 Å². The highest BCUT2D eigenvalue weighted by Gasteiger charge is 2.27. The van der Waals surface area contributed by atoms with E-state index < -0.39 is 21.8 Å². The molecular weight excluding hydrogens is 341 g/mol. The van der Waals surface area contributed by atoms with E-state index in [-0.39, 0.29) is 21.0 Å². The van der Waals surface area contributed by atoms with Gasteiger partial charge in [0.05, 0.1) is 14.9 Å². The molecule has 114 valence electrons. The van der Waals surface area contributed by atoms with E-state index in [2.05, 4.69) is 5.32 Å². The summed E-state index contributed by atoms with van der Waals surface area (Å²) in [5, 5.41) is 2.67. The third-order valence-corrected chi connectivity index (χ3v) is 4.60. The van der Waals surface area contributed by atoms with Crippen LogP contribution in [0.2, 0.25) is 10.0 Å². The van der Waals surface area contributed by atoms with Crippen LogP contribution in [0.5, 0.6) is 0 Å². The Balaban J connectivity index is 1.98. The summed E-state index contributed by atoms with van der Waals surface area (Å²) in [5.74, 6) is -1.99. The predicted octanol–water partition coefficient (Wildman–Crippen LogP) is 0.582. The van der Waals surface area contributed by atoms with Gasteiger partial charge in [0.2, 0.25) is 0 Å². The lowest BCUT2D eigenvalue weighted by atomic mass is 10.4. The van der Waals surface area contributed by atoms with Crippen LogP contribution in [0, 0.1) is 0 Å². The zero-order valence-corrected chi connectivity index (χ0v) is 12.8. The van der Waals surface area contributed by atoms with Gasteiger partial charge >= 0.3 is 11.8 Å². The minimum atomic E-state index is -4.05. The molecule has 2 amide bonds. The van der Waals surface area contributed by atoms with Crippen molar-refractivity contribution in [3.8, 4) is 0 Å². The first kappa shape index (κ1) is 16.0. The molecular formula is C11H11Cl2N3O4S. The first-order valence-electron chi connectivity index (χ1n) is 5.87. The van der Waals surface area contributed by atoms with E-state index in [1.165, 1.54) is 12.1 Å². The summed E-state index contributed by atoms with van der Waals surface area (Å²) in [6, 6.07) is 3.64. The number of hydrogen-bond acceptors (Lipinski definition) is 4. The monoisotopic (exact) mass is 351 g/mol. The van der Waals surface area contributed by atoms with E-state index in [9.17, 15) is 18.0 Å². The summed E-state index contributed by atoms with van der Waals surface area (Å²) in [6.07, 6.45) is 1.63. The molecule has 0 aliphatic heterocycles. The minimum Gasteiger partial charge on any atom is -0.345 e. The normalized spacial score (nSPS) is 14.6. The average Bonchev–Trinajstić information content (AvgIpc) is 3.23. The highest BCUT2D eigenvalue weighted by molar-refractivity contribution is 7.89. The molecule has 0 bridgehead atoms. The van der Waals surface area contributed by atoms with Gasteiger partial charge in [-0.1, -0.05) is 23.2 Å². The molecule has 0 heterocycles. The molecule has 0 unspecified atom stereocenters. The van der Waals surface area contributed by atoms with Crippen LogP contribution in [0.15, 0.2) is 23.1 Å². The Kier molecular flexibility index (Phi) is 4.72. The first-order chi connectivity index (χ1) is 9.79. The summed E-state index contributed by atoms with van der Waals surface area (Å²) >= 11 is 11.4. The molecule has 1 fully saturated rings. The molecule has 0 radical (unpaired) electrons. The van der Waals surface area contributed by atoms with Crippen LogP contribution >= 0.6 is 23.2 Å². The van der Waals surface area contributed by atoms with Crippen molar-refractivity contribution in [2.45, 2.75) is 23.8 Å². The van der Waals surface area contributed by atoms with Gasteiger partial charge in [-0.3, -0.25) is 15.0 Å². The molecule has 2 rings (SSSR count). The number of nitrogens with one attached hydrogen (secondary N) is 3. The van der Waals surface area contributed by atoms with Crippen molar-refractivity contribution in [1.82, 2.24) is 15.6 Å². The number of halogens is 2. The Morgan fingerprint density at radius 3 is 2.33 bits per heavy atom. The third-order valence-electron chi connectivity index (χ3n) is 2.62. The Morgan fingerprint density at radius 1 is 1.10 bits per heavy atom. The van der Waals surface area contributed by atoms with Crippen LogP contribution in [0.25, 0.3) is 0 Å². The number of amides is 2. The number of carbonyl (C=O) groups is 2. The molecule has 0 spiro atoms. The molecule has 21 heavy (non-hydrogen) atoms. The Bertz CT molecular complexity index is 689. The lowest BCUT2D eigenvalue weighted by molar-refractivity contribution is -0.139. The summed E-state index contributed by atoms with van der Waals surface area (Å²) in [7, 11) is -4.05. The number of hydrazine groups is 1. The quantitative estimate of drug-likeness (QED) is 0.545. The van der Waals surface area contributed by atoms with Crippen molar-refractivity contribution in [2.24, 2.45) is 0 Å². The molecule has 1 aromatic rings. The van der Waals surface area contributed by atoms with E-state index >= 15 is 0 Å². The Labute approximate surface area is 131 Å². The third kappa shape index (κ3) is 4.31. The summed E-state index contributed by atoms with van der Waals surface area (Å²) in [4.78, 5) is 24.4. The molecule has 0 atom stereocenters. The molecule has 0 saturated heterocycles. The second-order valence-corrected chi connectivity index (χ2v) is 6.88. The smallest absolute Gasteiger partial charge is 0.324 e. The van der Waals surface area contributed by atoms with Crippen LogP contribution < -0.4 is 15.6 Å². The van der Waals surface area contributed by atoms with E-state index in [0.717, 1.165) is 18.9 Å². The van der Waals surface area contributed by atoms with Crippen molar-refractivity contribution in [1.29, 1.82) is 0 Å². The zero-order valence-electron chi connectivity index (χ0n) is 10.5. The number of benzene rings is 1. The Hall–Kier alpha value is -1.35. The van der Waals surface area contributed by atoms with E-state index in [1.807, 2.05) is 5.43 Å². The molecule has 0 aromatic heterocycles. The van der Waals surface area contributed by atoms with Gasteiger partial charge in [0.1, 0.15) is 0 Å². The lowest BCUT2D eigenvalue weighted by Gasteiger charge is -2.09. The SMILES string of the molecule is O=C(NNS(=O)(=O)c1ccc(Cl)c(Cl)c1)C(=O)NC1CC1. The van der Waals surface area contributed by atoms with Gasteiger partial charge in [0.15, 0.2) is 0 Å². The van der Waals surface area contributed by atoms with Crippen molar-refractivity contribution in [3.63, 3.8) is 0 Å². The fourth-order valence-electron chi connectivity index (χ4n) is 1.35. The van der Waals surface area contributed by atoms with E-state index in [0.29, 0.717) is 0 Å². The molecule has 3 N–H and O–H groups in total. The fraction of sp³-hybridized carbons (Fsp3) is 0.273. The number of hydrogen-bond donors (Lipinski definition) is 3. The van der Waals surface area contributed by atoms with Gasteiger partial charge in [-0.25, -0.2) is 8.42 Å². The standard InChI is InChI=1S/C11H11Cl2N3O4S/c12-8-4-3-7(5-9(8)13)21(19,20)16-15-11(18)10(17)14-6-1-2-6/h3-6,16H,1-2H2,(H,14,17)(H,15,18). The van der Waals surface area contributed by atoms with Gasteiger partial charge in [0.25, 0.3) is 10.0 Å². The van der Waals surface area contributed by atoms with Gasteiger partial charge < -0.3 is 5.32 Å². The van der Waals surface area contributed by atoms with Crippen molar-refractivity contribution < 1.29 is 18.0 Å². The van der Waals surface area contributed by atoms with Crippen molar-refractivity contribution in [2.75, 3.05) is 0 Å². The predicted molar refractivity (Wildman–Crippen MR) is 76.1 cm³/mol. The minimum absolute atomic E-state index is 0.00470. The maximum Gasteiger partial charge on any atom is 0.324 e. The van der Waals surface area contributed by atoms with Crippen LogP contribution in [0.3, 0.4) is 0 Å². The van der Waals surface area contributed by atoms with Gasteiger partial charge in [0, 0.05) is 6.04 Å². The van der Waals surface area contributed by atoms with Gasteiger partial charge in [-0.15, -0.1) is 4.83 Å². The highest BCUT2D eigenvalue weighted by Crippen LogP contribution is 2.24. The summed E-state index contributed by atoms with van der Waals surface area (Å²) in [6.45, 7) is 0. The summed E-state index contributed by atoms with van der Waals surface area (Å²) in [5.41, 5.74) is 1.82. The van der Waals surface area contributed by atoms with Crippen LogP contribution in [-0.2, 0) is 19.6 Å². The number of rotatable bonds is 4. The molecule has 1 aliphatic rings. The maximum atomic E-state index is 11.9. The van der Waals surface area contributed by atoms with E-state index in [1.54, 1.807) is 4.83 Å². The van der Waals surface area contributed by atoms with Crippen LogP contribution in [-0.4, -0.2) is 26.3 Å². The van der Waals surface area contributed by atoms with Gasteiger partial charge in [-0.2, -0.15) is 0 Å². The second kappa shape index (κ2) is 6.18. The van der Waals surface area contributed by atoms with Crippen molar-refractivity contribution >= 4 is 45.0 Å². The largest absolute Gasteiger partial charge is 0.345 e. The highest BCUT2D eigenvalue weighted by atomic mass is 35.5. The molecule has 1 saturated carbocycles. The Morgan fingerprint density at radius 2 is 1.76 bits per heavy atom. The van der Waals surface area contributed by atoms with Gasteiger partial charge in [-0.05, 0) is 31.0 Å². The number of sulfonamides is 1. The lowest BCUT2D eigenvalue weighted by Crippen LogP contribution is -2.48. The first-order valence-corrected chi connectivity index (χ1v) is 8.11. The number of carbonyl (C=O) groups excluding carboxylic acids is 2.